The second-order valence-electron chi connectivity index (χ2n) is 4.72. The third-order valence-electron chi connectivity index (χ3n) is 3.08. The van der Waals surface area contributed by atoms with Gasteiger partial charge in [-0.15, -0.1) is 0 Å². The smallest absolute Gasteiger partial charge is 0.0486 e. The SMILES string of the molecule is CCn1c(CN(C)C)cc2ccc(CN)cc21. The number of rotatable bonds is 4. The topological polar surface area (TPSA) is 34.2 Å². The van der Waals surface area contributed by atoms with Crippen LogP contribution >= 0.6 is 0 Å². The summed E-state index contributed by atoms with van der Waals surface area (Å²) < 4.78 is 2.37. The van der Waals surface area contributed by atoms with Crippen LogP contribution in [0.1, 0.15) is 18.2 Å². The van der Waals surface area contributed by atoms with Crippen molar-refractivity contribution in [1.29, 1.82) is 0 Å². The molecular weight excluding hydrogens is 210 g/mol. The molecule has 0 amide bonds. The van der Waals surface area contributed by atoms with E-state index >= 15 is 0 Å². The van der Waals surface area contributed by atoms with Crippen LogP contribution in [0.4, 0.5) is 0 Å². The van der Waals surface area contributed by atoms with E-state index in [9.17, 15) is 0 Å². The van der Waals surface area contributed by atoms with Crippen LogP contribution in [0.25, 0.3) is 10.9 Å². The Morgan fingerprint density at radius 3 is 2.59 bits per heavy atom. The summed E-state index contributed by atoms with van der Waals surface area (Å²) in [6.07, 6.45) is 0. The molecule has 1 aromatic carbocycles. The lowest BCUT2D eigenvalue weighted by Gasteiger charge is -2.12. The first-order valence-electron chi connectivity index (χ1n) is 6.11. The third-order valence-corrected chi connectivity index (χ3v) is 3.08. The van der Waals surface area contributed by atoms with Gasteiger partial charge in [0.25, 0.3) is 0 Å². The van der Waals surface area contributed by atoms with Gasteiger partial charge in [-0.2, -0.15) is 0 Å². The number of fused-ring (bicyclic) bond motifs is 1. The van der Waals surface area contributed by atoms with E-state index in [-0.39, 0.29) is 0 Å². The van der Waals surface area contributed by atoms with E-state index in [0.717, 1.165) is 13.1 Å². The summed E-state index contributed by atoms with van der Waals surface area (Å²) in [7, 11) is 4.20. The number of aromatic nitrogens is 1. The van der Waals surface area contributed by atoms with Gasteiger partial charge >= 0.3 is 0 Å². The lowest BCUT2D eigenvalue weighted by molar-refractivity contribution is 0.389. The number of nitrogens with two attached hydrogens (primary N) is 1. The zero-order valence-electron chi connectivity index (χ0n) is 10.9. The molecule has 2 aromatic rings. The van der Waals surface area contributed by atoms with E-state index in [2.05, 4.69) is 54.8 Å². The zero-order chi connectivity index (χ0) is 12.4. The maximum absolute atomic E-state index is 5.70. The predicted molar refractivity (Wildman–Crippen MR) is 72.9 cm³/mol. The van der Waals surface area contributed by atoms with Crippen LogP contribution in [0.3, 0.4) is 0 Å². The van der Waals surface area contributed by atoms with Gasteiger partial charge in [-0.3, -0.25) is 0 Å². The van der Waals surface area contributed by atoms with Gasteiger partial charge in [0.2, 0.25) is 0 Å². The van der Waals surface area contributed by atoms with E-state index < -0.39 is 0 Å². The highest BCUT2D eigenvalue weighted by molar-refractivity contribution is 5.82. The standard InChI is InChI=1S/C14H21N3/c1-4-17-13(10-16(2)3)8-12-6-5-11(9-15)7-14(12)17/h5-8H,4,9-10,15H2,1-3H3. The molecule has 0 spiro atoms. The highest BCUT2D eigenvalue weighted by Crippen LogP contribution is 2.22. The molecule has 0 radical (unpaired) electrons. The lowest BCUT2D eigenvalue weighted by atomic mass is 10.1. The minimum Gasteiger partial charge on any atom is -0.344 e. The van der Waals surface area contributed by atoms with Crippen molar-refractivity contribution < 1.29 is 0 Å². The average Bonchev–Trinajstić information content (AvgIpc) is 2.63. The Kier molecular flexibility index (Phi) is 3.50. The van der Waals surface area contributed by atoms with Crippen molar-refractivity contribution >= 4 is 10.9 Å². The van der Waals surface area contributed by atoms with Crippen LogP contribution in [0.15, 0.2) is 24.3 Å². The van der Waals surface area contributed by atoms with Gasteiger partial charge in [0.15, 0.2) is 0 Å². The maximum Gasteiger partial charge on any atom is 0.0486 e. The highest BCUT2D eigenvalue weighted by Gasteiger charge is 2.08. The molecule has 2 N–H and O–H groups in total. The molecular formula is C14H21N3. The molecule has 0 saturated heterocycles. The Labute approximate surface area is 103 Å². The summed E-state index contributed by atoms with van der Waals surface area (Å²) in [6, 6.07) is 8.77. The first kappa shape index (κ1) is 12.1. The van der Waals surface area contributed by atoms with Crippen molar-refractivity contribution in [1.82, 2.24) is 9.47 Å². The van der Waals surface area contributed by atoms with Gasteiger partial charge in [0.1, 0.15) is 0 Å². The van der Waals surface area contributed by atoms with E-state index in [4.69, 9.17) is 5.73 Å². The molecule has 3 nitrogen and oxygen atoms in total. The number of hydrogen-bond donors (Lipinski definition) is 1. The summed E-state index contributed by atoms with van der Waals surface area (Å²) in [6.45, 7) is 4.77. The summed E-state index contributed by atoms with van der Waals surface area (Å²) >= 11 is 0. The molecule has 17 heavy (non-hydrogen) atoms. The van der Waals surface area contributed by atoms with Crippen molar-refractivity contribution in [2.24, 2.45) is 5.73 Å². The van der Waals surface area contributed by atoms with Crippen LogP contribution in [0.5, 0.6) is 0 Å². The van der Waals surface area contributed by atoms with Gasteiger partial charge < -0.3 is 15.2 Å². The Morgan fingerprint density at radius 2 is 2.00 bits per heavy atom. The van der Waals surface area contributed by atoms with E-state index in [1.54, 1.807) is 0 Å². The zero-order valence-corrected chi connectivity index (χ0v) is 10.9. The van der Waals surface area contributed by atoms with Gasteiger partial charge in [-0.05, 0) is 44.1 Å². The number of benzene rings is 1. The van der Waals surface area contributed by atoms with Gasteiger partial charge in [0, 0.05) is 30.8 Å². The van der Waals surface area contributed by atoms with Crippen molar-refractivity contribution in [3.05, 3.63) is 35.5 Å². The molecule has 2 rings (SSSR count). The molecule has 92 valence electrons. The molecule has 0 aliphatic carbocycles. The fourth-order valence-electron chi connectivity index (χ4n) is 2.31. The van der Waals surface area contributed by atoms with Gasteiger partial charge in [0.05, 0.1) is 0 Å². The minimum atomic E-state index is 0.605. The minimum absolute atomic E-state index is 0.605. The van der Waals surface area contributed by atoms with Crippen molar-refractivity contribution in [3.8, 4) is 0 Å². The Bertz CT molecular complexity index is 511. The van der Waals surface area contributed by atoms with Crippen LogP contribution in [0.2, 0.25) is 0 Å². The molecule has 0 fully saturated rings. The number of nitrogens with zero attached hydrogens (tertiary/aromatic N) is 2. The largest absolute Gasteiger partial charge is 0.344 e. The van der Waals surface area contributed by atoms with Gasteiger partial charge in [-0.25, -0.2) is 0 Å². The van der Waals surface area contributed by atoms with Gasteiger partial charge in [-0.1, -0.05) is 12.1 Å². The first-order chi connectivity index (χ1) is 8.15. The summed E-state index contributed by atoms with van der Waals surface area (Å²) in [5.74, 6) is 0. The maximum atomic E-state index is 5.70. The molecule has 0 aliphatic rings. The van der Waals surface area contributed by atoms with E-state index in [1.807, 2.05) is 0 Å². The summed E-state index contributed by atoms with van der Waals surface area (Å²) in [5, 5.41) is 1.31. The first-order valence-corrected chi connectivity index (χ1v) is 6.11. The van der Waals surface area contributed by atoms with Crippen LogP contribution in [0, 0.1) is 0 Å². The predicted octanol–water partition coefficient (Wildman–Crippen LogP) is 2.18. The van der Waals surface area contributed by atoms with Crippen molar-refractivity contribution in [3.63, 3.8) is 0 Å². The normalized spacial score (nSPS) is 11.6. The van der Waals surface area contributed by atoms with Crippen LogP contribution < -0.4 is 5.73 Å². The Morgan fingerprint density at radius 1 is 1.24 bits per heavy atom. The Hall–Kier alpha value is -1.32. The average molecular weight is 231 g/mol. The summed E-state index contributed by atoms with van der Waals surface area (Å²) in [5.41, 5.74) is 9.56. The molecule has 0 unspecified atom stereocenters. The monoisotopic (exact) mass is 231 g/mol. The van der Waals surface area contributed by atoms with Crippen LogP contribution in [-0.2, 0) is 19.6 Å². The fourth-order valence-corrected chi connectivity index (χ4v) is 2.31. The van der Waals surface area contributed by atoms with Crippen molar-refractivity contribution in [2.75, 3.05) is 14.1 Å². The van der Waals surface area contributed by atoms with Crippen LogP contribution in [-0.4, -0.2) is 23.6 Å². The molecule has 0 aliphatic heterocycles. The molecule has 3 heteroatoms. The summed E-state index contributed by atoms with van der Waals surface area (Å²) in [4.78, 5) is 2.20. The fraction of sp³-hybridized carbons (Fsp3) is 0.429. The molecule has 0 saturated carbocycles. The number of aryl methyl sites for hydroxylation is 1. The third kappa shape index (κ3) is 2.35. The lowest BCUT2D eigenvalue weighted by Crippen LogP contribution is -2.14. The number of hydrogen-bond acceptors (Lipinski definition) is 2. The Balaban J connectivity index is 2.55. The second-order valence-corrected chi connectivity index (χ2v) is 4.72. The van der Waals surface area contributed by atoms with Crippen molar-refractivity contribution in [2.45, 2.75) is 26.6 Å². The highest BCUT2D eigenvalue weighted by atomic mass is 15.1. The quantitative estimate of drug-likeness (QED) is 0.875. The molecule has 1 heterocycles. The second kappa shape index (κ2) is 4.90. The molecule has 0 atom stereocenters. The molecule has 1 aromatic heterocycles. The molecule has 0 bridgehead atoms. The van der Waals surface area contributed by atoms with E-state index in [0.29, 0.717) is 6.54 Å². The van der Waals surface area contributed by atoms with E-state index in [1.165, 1.54) is 22.2 Å².